The molecule has 5 heteroatoms. The van der Waals surface area contributed by atoms with Crippen LogP contribution in [0.4, 0.5) is 0 Å². The van der Waals surface area contributed by atoms with Crippen LogP contribution in [0.25, 0.3) is 0 Å². The molecule has 3 N–H and O–H groups in total. The summed E-state index contributed by atoms with van der Waals surface area (Å²) in [4.78, 5) is 4.59. The number of nitrogens with one attached hydrogen (secondary N) is 1. The van der Waals surface area contributed by atoms with Gasteiger partial charge in [0.05, 0.1) is 12.7 Å². The molecule has 1 aliphatic rings. The van der Waals surface area contributed by atoms with Crippen molar-refractivity contribution < 1.29 is 15.1 Å². The highest BCUT2D eigenvalue weighted by atomic mass is 35.5. The Morgan fingerprint density at radius 2 is 2.00 bits per heavy atom. The van der Waals surface area contributed by atoms with Gasteiger partial charge in [-0.2, -0.15) is 5.48 Å². The molecule has 0 aromatic carbocycles. The van der Waals surface area contributed by atoms with Crippen molar-refractivity contribution in [3.8, 4) is 0 Å². The molecule has 2 atom stereocenters. The van der Waals surface area contributed by atoms with Gasteiger partial charge in [-0.15, -0.1) is 12.4 Å². The zero-order valence-electron chi connectivity index (χ0n) is 4.78. The van der Waals surface area contributed by atoms with Crippen molar-refractivity contribution in [1.82, 2.24) is 5.48 Å². The van der Waals surface area contributed by atoms with Gasteiger partial charge in [0.1, 0.15) is 6.10 Å². The molecule has 4 nitrogen and oxygen atoms in total. The quantitative estimate of drug-likeness (QED) is 0.406. The van der Waals surface area contributed by atoms with Gasteiger partial charge in [0, 0.05) is 6.54 Å². The molecule has 0 saturated carbocycles. The number of aliphatic hydroxyl groups excluding tert-OH is 2. The summed E-state index contributed by atoms with van der Waals surface area (Å²) in [5.41, 5.74) is 2.45. The minimum atomic E-state index is -0.726. The molecule has 0 radical (unpaired) electrons. The Morgan fingerprint density at radius 1 is 1.33 bits per heavy atom. The molecule has 0 spiro atoms. The Hall–Kier alpha value is 0.130. The second-order valence-corrected chi connectivity index (χ2v) is 1.79. The van der Waals surface area contributed by atoms with E-state index in [4.69, 9.17) is 10.2 Å². The number of rotatable bonds is 0. The standard InChI is InChI=1S/C4H9NO3.ClH/c6-3-1-5-8-2-4(3)7;/h3-7H,1-2H2;1H/t3-,4+;/m0./s1. The average molecular weight is 156 g/mol. The first-order valence-electron chi connectivity index (χ1n) is 2.51. The maximum Gasteiger partial charge on any atom is 0.106 e. The SMILES string of the molecule is Cl.O[C@@H]1CONC[C@@H]1O. The second-order valence-electron chi connectivity index (χ2n) is 1.79. The maximum absolute atomic E-state index is 8.79. The van der Waals surface area contributed by atoms with Crippen LogP contribution in [0.3, 0.4) is 0 Å². The number of aliphatic hydroxyl groups is 2. The molecule has 56 valence electrons. The lowest BCUT2D eigenvalue weighted by molar-refractivity contribution is -0.118. The number of β-amino-alcohol motifs (C(OH)–C–C–N with tert-alkyl or cyclic N) is 1. The molecular weight excluding hydrogens is 146 g/mol. The second kappa shape index (κ2) is 4.03. The van der Waals surface area contributed by atoms with Crippen molar-refractivity contribution in [2.75, 3.05) is 13.2 Å². The van der Waals surface area contributed by atoms with Gasteiger partial charge in [-0.1, -0.05) is 0 Å². The first kappa shape index (κ1) is 9.13. The van der Waals surface area contributed by atoms with Gasteiger partial charge in [0.15, 0.2) is 0 Å². The third-order valence-electron chi connectivity index (χ3n) is 1.09. The van der Waals surface area contributed by atoms with Gasteiger partial charge >= 0.3 is 0 Å². The normalized spacial score (nSPS) is 35.3. The molecular formula is C4H10ClNO3. The minimum absolute atomic E-state index is 0. The van der Waals surface area contributed by atoms with E-state index in [0.717, 1.165) is 0 Å². The summed E-state index contributed by atoms with van der Waals surface area (Å²) < 4.78 is 0. The van der Waals surface area contributed by atoms with E-state index in [1.807, 2.05) is 0 Å². The van der Waals surface area contributed by atoms with Crippen LogP contribution in [-0.4, -0.2) is 35.6 Å². The molecule has 0 aromatic heterocycles. The molecule has 1 rings (SSSR count). The summed E-state index contributed by atoms with van der Waals surface area (Å²) in [7, 11) is 0. The van der Waals surface area contributed by atoms with E-state index in [1.165, 1.54) is 0 Å². The Bertz CT molecular complexity index is 72.2. The van der Waals surface area contributed by atoms with Crippen LogP contribution in [-0.2, 0) is 4.84 Å². The largest absolute Gasteiger partial charge is 0.389 e. The molecule has 0 unspecified atom stereocenters. The zero-order valence-corrected chi connectivity index (χ0v) is 5.60. The van der Waals surface area contributed by atoms with Crippen molar-refractivity contribution in [2.45, 2.75) is 12.2 Å². The highest BCUT2D eigenvalue weighted by Gasteiger charge is 2.20. The zero-order chi connectivity index (χ0) is 5.98. The Morgan fingerprint density at radius 3 is 2.33 bits per heavy atom. The van der Waals surface area contributed by atoms with Crippen LogP contribution < -0.4 is 5.48 Å². The van der Waals surface area contributed by atoms with E-state index in [-0.39, 0.29) is 19.0 Å². The average Bonchev–Trinajstić information content (AvgIpc) is 1.77. The van der Waals surface area contributed by atoms with E-state index in [0.29, 0.717) is 6.54 Å². The van der Waals surface area contributed by atoms with Gasteiger partial charge in [-0.05, 0) is 0 Å². The van der Waals surface area contributed by atoms with E-state index < -0.39 is 12.2 Å². The smallest absolute Gasteiger partial charge is 0.106 e. The summed E-state index contributed by atoms with van der Waals surface area (Å²) in [5.74, 6) is 0. The molecule has 0 aliphatic carbocycles. The van der Waals surface area contributed by atoms with Crippen LogP contribution >= 0.6 is 12.4 Å². The number of hydrogen-bond donors (Lipinski definition) is 3. The minimum Gasteiger partial charge on any atom is -0.389 e. The van der Waals surface area contributed by atoms with Gasteiger partial charge in [-0.25, -0.2) is 0 Å². The molecule has 9 heavy (non-hydrogen) atoms. The molecule has 1 heterocycles. The monoisotopic (exact) mass is 155 g/mol. The van der Waals surface area contributed by atoms with Gasteiger partial charge in [0.25, 0.3) is 0 Å². The van der Waals surface area contributed by atoms with E-state index in [9.17, 15) is 0 Å². The Kier molecular flexibility index (Phi) is 4.09. The molecule has 0 amide bonds. The topological polar surface area (TPSA) is 61.7 Å². The van der Waals surface area contributed by atoms with Crippen LogP contribution in [0, 0.1) is 0 Å². The summed E-state index contributed by atoms with van der Waals surface area (Å²) in [6.45, 7) is 0.475. The van der Waals surface area contributed by atoms with E-state index in [1.54, 1.807) is 0 Å². The van der Waals surface area contributed by atoms with Gasteiger partial charge < -0.3 is 10.2 Å². The third-order valence-corrected chi connectivity index (χ3v) is 1.09. The van der Waals surface area contributed by atoms with Crippen molar-refractivity contribution in [2.24, 2.45) is 0 Å². The van der Waals surface area contributed by atoms with Crippen LogP contribution in [0.5, 0.6) is 0 Å². The molecule has 1 fully saturated rings. The molecule has 1 saturated heterocycles. The maximum atomic E-state index is 8.79. The lowest BCUT2D eigenvalue weighted by atomic mass is 10.2. The third kappa shape index (κ3) is 2.47. The number of hydroxylamine groups is 1. The summed E-state index contributed by atoms with van der Waals surface area (Å²) >= 11 is 0. The molecule has 1 aliphatic heterocycles. The van der Waals surface area contributed by atoms with Crippen LogP contribution in [0.1, 0.15) is 0 Å². The Labute approximate surface area is 59.2 Å². The molecule has 0 bridgehead atoms. The number of hydrogen-bond acceptors (Lipinski definition) is 4. The Balaban J connectivity index is 0.000000640. The summed E-state index contributed by atoms with van der Waals surface area (Å²) in [5, 5.41) is 17.5. The predicted molar refractivity (Wildman–Crippen MR) is 33.2 cm³/mol. The van der Waals surface area contributed by atoms with E-state index >= 15 is 0 Å². The highest BCUT2D eigenvalue weighted by molar-refractivity contribution is 5.85. The summed E-state index contributed by atoms with van der Waals surface area (Å²) in [6.07, 6.45) is -1.40. The van der Waals surface area contributed by atoms with Crippen LogP contribution in [0.15, 0.2) is 0 Å². The van der Waals surface area contributed by atoms with Crippen molar-refractivity contribution in [1.29, 1.82) is 0 Å². The summed E-state index contributed by atoms with van der Waals surface area (Å²) in [6, 6.07) is 0. The van der Waals surface area contributed by atoms with Crippen LogP contribution in [0.2, 0.25) is 0 Å². The number of halogens is 1. The first-order chi connectivity index (χ1) is 3.80. The fourth-order valence-electron chi connectivity index (χ4n) is 0.536. The lowest BCUT2D eigenvalue weighted by Gasteiger charge is -2.23. The predicted octanol–water partition coefficient (Wildman–Crippen LogP) is -1.34. The molecule has 0 aromatic rings. The van der Waals surface area contributed by atoms with Gasteiger partial charge in [-0.3, -0.25) is 4.84 Å². The van der Waals surface area contributed by atoms with Crippen molar-refractivity contribution >= 4 is 12.4 Å². The van der Waals surface area contributed by atoms with Gasteiger partial charge in [0.2, 0.25) is 0 Å². The lowest BCUT2D eigenvalue weighted by Crippen LogP contribution is -2.45. The first-order valence-corrected chi connectivity index (χ1v) is 2.51. The highest BCUT2D eigenvalue weighted by Crippen LogP contribution is 1.96. The fraction of sp³-hybridized carbons (Fsp3) is 1.00. The van der Waals surface area contributed by atoms with Crippen molar-refractivity contribution in [3.63, 3.8) is 0 Å². The van der Waals surface area contributed by atoms with E-state index in [2.05, 4.69) is 10.3 Å². The fourth-order valence-corrected chi connectivity index (χ4v) is 0.536. The van der Waals surface area contributed by atoms with Crippen molar-refractivity contribution in [3.05, 3.63) is 0 Å².